The fraction of sp³-hybridized carbons (Fsp3) is 0.143. The number of hydrogen-bond acceptors (Lipinski definition) is 4. The average molecular weight is 457 g/mol. The smallest absolute Gasteiger partial charge is 0.267 e. The van der Waals surface area contributed by atoms with Gasteiger partial charge in [0.05, 0.1) is 11.2 Å². The maximum absolute atomic E-state index is 13.1. The summed E-state index contributed by atoms with van der Waals surface area (Å²) in [6, 6.07) is 16.1. The molecule has 0 aliphatic rings. The molecule has 0 fully saturated rings. The first-order valence-electron chi connectivity index (χ1n) is 8.48. The number of halogens is 1. The number of thiophene rings is 1. The van der Waals surface area contributed by atoms with Crippen LogP contribution in [0.4, 0.5) is 0 Å². The second-order valence-electron chi connectivity index (χ2n) is 6.36. The molecule has 0 amide bonds. The van der Waals surface area contributed by atoms with E-state index in [2.05, 4.69) is 48.0 Å². The highest BCUT2D eigenvalue weighted by Gasteiger charge is 2.15. The zero-order valence-electron chi connectivity index (χ0n) is 14.9. The van der Waals surface area contributed by atoms with E-state index in [1.165, 1.54) is 28.0 Å². The SMILES string of the molecule is Cc1ccc(C)c(CSc2nc3ccsc3c(=O)n2-c2ccc(Br)cc2)c1. The van der Waals surface area contributed by atoms with Gasteiger partial charge in [0.2, 0.25) is 0 Å². The molecule has 0 aliphatic carbocycles. The molecule has 4 rings (SSSR count). The molecule has 3 nitrogen and oxygen atoms in total. The fourth-order valence-corrected chi connectivity index (χ4v) is 5.00. The van der Waals surface area contributed by atoms with E-state index in [4.69, 9.17) is 4.98 Å². The molecule has 0 saturated carbocycles. The van der Waals surface area contributed by atoms with Gasteiger partial charge < -0.3 is 0 Å². The predicted octanol–water partition coefficient (Wildman–Crippen LogP) is 6.12. The largest absolute Gasteiger partial charge is 0.276 e. The highest BCUT2D eigenvalue weighted by atomic mass is 79.9. The van der Waals surface area contributed by atoms with E-state index in [0.717, 1.165) is 21.4 Å². The van der Waals surface area contributed by atoms with Crippen molar-refractivity contribution >= 4 is 49.2 Å². The molecule has 0 N–H and O–H groups in total. The Morgan fingerprint density at radius 3 is 2.67 bits per heavy atom. The van der Waals surface area contributed by atoms with Crippen LogP contribution >= 0.6 is 39.0 Å². The van der Waals surface area contributed by atoms with Gasteiger partial charge in [0.25, 0.3) is 5.56 Å². The second kappa shape index (κ2) is 7.62. The summed E-state index contributed by atoms with van der Waals surface area (Å²) in [5, 5.41) is 2.64. The number of aryl methyl sites for hydroxylation is 2. The molecular formula is C21H17BrN2OS2. The summed E-state index contributed by atoms with van der Waals surface area (Å²) in [5.74, 6) is 0.770. The van der Waals surface area contributed by atoms with Crippen LogP contribution in [0, 0.1) is 13.8 Å². The predicted molar refractivity (Wildman–Crippen MR) is 118 cm³/mol. The zero-order chi connectivity index (χ0) is 19.0. The second-order valence-corrected chi connectivity index (χ2v) is 9.14. The van der Waals surface area contributed by atoms with E-state index in [-0.39, 0.29) is 5.56 Å². The number of benzene rings is 2. The molecule has 0 unspecified atom stereocenters. The normalized spacial score (nSPS) is 11.2. The summed E-state index contributed by atoms with van der Waals surface area (Å²) in [6.45, 7) is 4.22. The maximum atomic E-state index is 13.1. The third-order valence-electron chi connectivity index (χ3n) is 4.40. The molecule has 2 aromatic heterocycles. The first-order valence-corrected chi connectivity index (χ1v) is 11.1. The lowest BCUT2D eigenvalue weighted by Crippen LogP contribution is -2.20. The molecule has 0 atom stereocenters. The minimum Gasteiger partial charge on any atom is -0.267 e. The van der Waals surface area contributed by atoms with Crippen LogP contribution in [0.15, 0.2) is 68.3 Å². The molecule has 2 heterocycles. The number of hydrogen-bond donors (Lipinski definition) is 0. The number of nitrogens with zero attached hydrogens (tertiary/aromatic N) is 2. The molecule has 0 saturated heterocycles. The lowest BCUT2D eigenvalue weighted by Gasteiger charge is -2.13. The summed E-state index contributed by atoms with van der Waals surface area (Å²) in [5.41, 5.74) is 5.34. The van der Waals surface area contributed by atoms with Crippen LogP contribution in [0.1, 0.15) is 16.7 Å². The van der Waals surface area contributed by atoms with Crippen LogP contribution in [-0.4, -0.2) is 9.55 Å². The van der Waals surface area contributed by atoms with Gasteiger partial charge in [0, 0.05) is 10.2 Å². The van der Waals surface area contributed by atoms with Crippen LogP contribution in [-0.2, 0) is 5.75 Å². The molecule has 4 aromatic rings. The van der Waals surface area contributed by atoms with Gasteiger partial charge in [-0.1, -0.05) is 51.5 Å². The molecule has 2 aromatic carbocycles. The Morgan fingerprint density at radius 2 is 1.89 bits per heavy atom. The maximum Gasteiger partial charge on any atom is 0.276 e. The molecular weight excluding hydrogens is 440 g/mol. The lowest BCUT2D eigenvalue weighted by molar-refractivity contribution is 0.822. The van der Waals surface area contributed by atoms with Crippen molar-refractivity contribution in [2.45, 2.75) is 24.8 Å². The molecule has 0 aliphatic heterocycles. The van der Waals surface area contributed by atoms with Crippen LogP contribution in [0.3, 0.4) is 0 Å². The van der Waals surface area contributed by atoms with Gasteiger partial charge in [0.1, 0.15) is 4.70 Å². The van der Waals surface area contributed by atoms with Crippen molar-refractivity contribution in [2.24, 2.45) is 0 Å². The van der Waals surface area contributed by atoms with Crippen LogP contribution < -0.4 is 5.56 Å². The van der Waals surface area contributed by atoms with Crippen molar-refractivity contribution in [2.75, 3.05) is 0 Å². The van der Waals surface area contributed by atoms with E-state index in [1.807, 2.05) is 35.7 Å². The van der Waals surface area contributed by atoms with Crippen molar-refractivity contribution in [3.8, 4) is 5.69 Å². The Kier molecular flexibility index (Phi) is 5.21. The highest BCUT2D eigenvalue weighted by Crippen LogP contribution is 2.28. The average Bonchev–Trinajstić information content (AvgIpc) is 3.12. The Labute approximate surface area is 174 Å². The van der Waals surface area contributed by atoms with E-state index in [9.17, 15) is 4.79 Å². The standard InChI is InChI=1S/C21H17BrN2OS2/c1-13-3-4-14(2)15(11-13)12-27-21-23-18-9-10-26-19(18)20(25)24(21)17-7-5-16(22)6-8-17/h3-11H,12H2,1-2H3. The first kappa shape index (κ1) is 18.5. The van der Waals surface area contributed by atoms with Crippen LogP contribution in [0.5, 0.6) is 0 Å². The lowest BCUT2D eigenvalue weighted by atomic mass is 10.1. The fourth-order valence-electron chi connectivity index (χ4n) is 2.90. The van der Waals surface area contributed by atoms with E-state index < -0.39 is 0 Å². The van der Waals surface area contributed by atoms with E-state index in [1.54, 1.807) is 16.3 Å². The monoisotopic (exact) mass is 456 g/mol. The number of rotatable bonds is 4. The Balaban J connectivity index is 1.81. The third kappa shape index (κ3) is 3.74. The van der Waals surface area contributed by atoms with Gasteiger partial charge in [-0.15, -0.1) is 11.3 Å². The molecule has 27 heavy (non-hydrogen) atoms. The first-order chi connectivity index (χ1) is 13.0. The summed E-state index contributed by atoms with van der Waals surface area (Å²) >= 11 is 6.50. The molecule has 0 radical (unpaired) electrons. The van der Waals surface area contributed by atoms with E-state index >= 15 is 0 Å². The van der Waals surface area contributed by atoms with Gasteiger partial charge in [-0.3, -0.25) is 9.36 Å². The van der Waals surface area contributed by atoms with Crippen LogP contribution in [0.25, 0.3) is 15.9 Å². The summed E-state index contributed by atoms with van der Waals surface area (Å²) < 4.78 is 3.39. The van der Waals surface area contributed by atoms with Crippen LogP contribution in [0.2, 0.25) is 0 Å². The highest BCUT2D eigenvalue weighted by molar-refractivity contribution is 9.10. The Hall–Kier alpha value is -1.89. The summed E-state index contributed by atoms with van der Waals surface area (Å²) in [6.07, 6.45) is 0. The van der Waals surface area contributed by atoms with Crippen molar-refractivity contribution in [3.63, 3.8) is 0 Å². The Bertz CT molecular complexity index is 1180. The minimum atomic E-state index is -0.0132. The minimum absolute atomic E-state index is 0.0132. The quantitative estimate of drug-likeness (QED) is 0.274. The van der Waals surface area contributed by atoms with Crippen molar-refractivity contribution in [1.29, 1.82) is 0 Å². The zero-order valence-corrected chi connectivity index (χ0v) is 18.1. The van der Waals surface area contributed by atoms with Gasteiger partial charge in [-0.25, -0.2) is 4.98 Å². The van der Waals surface area contributed by atoms with Crippen molar-refractivity contribution < 1.29 is 0 Å². The molecule has 136 valence electrons. The number of fused-ring (bicyclic) bond motifs is 1. The topological polar surface area (TPSA) is 34.9 Å². The van der Waals surface area contributed by atoms with Gasteiger partial charge in [-0.05, 0) is 60.7 Å². The molecule has 0 spiro atoms. The Morgan fingerprint density at radius 1 is 1.11 bits per heavy atom. The molecule has 0 bridgehead atoms. The summed E-state index contributed by atoms with van der Waals surface area (Å²) in [4.78, 5) is 17.9. The summed E-state index contributed by atoms with van der Waals surface area (Å²) in [7, 11) is 0. The molecule has 6 heteroatoms. The van der Waals surface area contributed by atoms with Crippen molar-refractivity contribution in [1.82, 2.24) is 9.55 Å². The van der Waals surface area contributed by atoms with Gasteiger partial charge >= 0.3 is 0 Å². The number of thioether (sulfide) groups is 1. The van der Waals surface area contributed by atoms with E-state index in [0.29, 0.717) is 9.86 Å². The van der Waals surface area contributed by atoms with Gasteiger partial charge in [-0.2, -0.15) is 0 Å². The number of aromatic nitrogens is 2. The third-order valence-corrected chi connectivity index (χ3v) is 6.80. The van der Waals surface area contributed by atoms with Crippen molar-refractivity contribution in [3.05, 3.63) is 85.4 Å². The van der Waals surface area contributed by atoms with Gasteiger partial charge in [0.15, 0.2) is 5.16 Å².